The molecule has 0 spiro atoms. The Morgan fingerprint density at radius 1 is 1.67 bits per heavy atom. The third kappa shape index (κ3) is 1.64. The maximum atomic E-state index is 8.69. The summed E-state index contributed by atoms with van der Waals surface area (Å²) in [6, 6.07) is 3.94. The van der Waals surface area contributed by atoms with Gasteiger partial charge in [0.15, 0.2) is 0 Å². The van der Waals surface area contributed by atoms with Gasteiger partial charge in [-0.2, -0.15) is 5.26 Å². The lowest BCUT2D eigenvalue weighted by Crippen LogP contribution is -1.94. The van der Waals surface area contributed by atoms with E-state index in [1.165, 1.54) is 0 Å². The van der Waals surface area contributed by atoms with Crippen LogP contribution in [0.5, 0.6) is 0 Å². The summed E-state index contributed by atoms with van der Waals surface area (Å²) in [5.74, 6) is 0. The second kappa shape index (κ2) is 3.68. The van der Waals surface area contributed by atoms with Crippen LogP contribution in [-0.2, 0) is 6.42 Å². The smallest absolute Gasteiger partial charge is 0.124 e. The van der Waals surface area contributed by atoms with Crippen molar-refractivity contribution in [2.45, 2.75) is 20.3 Å². The topological polar surface area (TPSA) is 36.7 Å². The van der Waals surface area contributed by atoms with Gasteiger partial charge in [0.05, 0.1) is 5.56 Å². The van der Waals surface area contributed by atoms with E-state index in [9.17, 15) is 0 Å². The quantitative estimate of drug-likeness (QED) is 0.688. The molecular formula is C9H9BrN2. The molecule has 1 rings (SSSR count). The van der Waals surface area contributed by atoms with Gasteiger partial charge in [0.1, 0.15) is 10.7 Å². The molecule has 0 saturated heterocycles. The lowest BCUT2D eigenvalue weighted by Gasteiger charge is -2.03. The fourth-order valence-corrected chi connectivity index (χ4v) is 1.48. The number of rotatable bonds is 1. The summed E-state index contributed by atoms with van der Waals surface area (Å²) in [5, 5.41) is 8.69. The molecule has 3 heteroatoms. The third-order valence-electron chi connectivity index (χ3n) is 1.73. The lowest BCUT2D eigenvalue weighted by atomic mass is 10.1. The molecule has 0 bridgehead atoms. The number of hydrogen-bond donors (Lipinski definition) is 0. The Balaban J connectivity index is 3.28. The first-order chi connectivity index (χ1) is 5.69. The summed E-state index contributed by atoms with van der Waals surface area (Å²) in [5.41, 5.74) is 2.72. The molecule has 0 saturated carbocycles. The zero-order valence-corrected chi connectivity index (χ0v) is 8.64. The highest BCUT2D eigenvalue weighted by molar-refractivity contribution is 9.10. The van der Waals surface area contributed by atoms with Crippen molar-refractivity contribution in [1.82, 2.24) is 4.98 Å². The fourth-order valence-electron chi connectivity index (χ4n) is 1.06. The van der Waals surface area contributed by atoms with Crippen molar-refractivity contribution >= 4 is 15.9 Å². The van der Waals surface area contributed by atoms with Crippen molar-refractivity contribution in [3.05, 3.63) is 27.5 Å². The molecule has 0 aliphatic heterocycles. The predicted molar refractivity (Wildman–Crippen MR) is 50.8 cm³/mol. The van der Waals surface area contributed by atoms with Gasteiger partial charge in [-0.25, -0.2) is 4.98 Å². The van der Waals surface area contributed by atoms with Crippen LogP contribution in [-0.4, -0.2) is 4.98 Å². The molecule has 1 heterocycles. The van der Waals surface area contributed by atoms with E-state index in [1.807, 2.05) is 19.9 Å². The number of pyridine rings is 1. The van der Waals surface area contributed by atoms with Gasteiger partial charge >= 0.3 is 0 Å². The van der Waals surface area contributed by atoms with E-state index in [4.69, 9.17) is 5.26 Å². The van der Waals surface area contributed by atoms with Crippen LogP contribution in [0.15, 0.2) is 10.7 Å². The van der Waals surface area contributed by atoms with Crippen LogP contribution in [0, 0.1) is 18.3 Å². The minimum Gasteiger partial charge on any atom is -0.244 e. The highest BCUT2D eigenvalue weighted by atomic mass is 79.9. The van der Waals surface area contributed by atoms with E-state index in [1.54, 1.807) is 0 Å². The average Bonchev–Trinajstić information content (AvgIpc) is 2.08. The van der Waals surface area contributed by atoms with Crippen LogP contribution in [0.25, 0.3) is 0 Å². The first-order valence-electron chi connectivity index (χ1n) is 3.75. The minimum atomic E-state index is 0.602. The minimum absolute atomic E-state index is 0.602. The Morgan fingerprint density at radius 2 is 2.33 bits per heavy atom. The van der Waals surface area contributed by atoms with Crippen LogP contribution >= 0.6 is 15.9 Å². The van der Waals surface area contributed by atoms with E-state index in [0.717, 1.165) is 17.7 Å². The Hall–Kier alpha value is -0.880. The van der Waals surface area contributed by atoms with Crippen molar-refractivity contribution in [2.24, 2.45) is 0 Å². The molecule has 2 nitrogen and oxygen atoms in total. The molecule has 1 aromatic heterocycles. The van der Waals surface area contributed by atoms with Gasteiger partial charge in [0.2, 0.25) is 0 Å². The lowest BCUT2D eigenvalue weighted by molar-refractivity contribution is 0.991. The number of aromatic nitrogens is 1. The van der Waals surface area contributed by atoms with Crippen LogP contribution < -0.4 is 0 Å². The first-order valence-corrected chi connectivity index (χ1v) is 4.54. The maximum Gasteiger partial charge on any atom is 0.124 e. The van der Waals surface area contributed by atoms with Gasteiger partial charge in [-0.05, 0) is 40.9 Å². The van der Waals surface area contributed by atoms with Gasteiger partial charge in [-0.15, -0.1) is 0 Å². The molecule has 62 valence electrons. The summed E-state index contributed by atoms with van der Waals surface area (Å²) in [6.07, 6.45) is 0.899. The average molecular weight is 225 g/mol. The van der Waals surface area contributed by atoms with E-state index >= 15 is 0 Å². The van der Waals surface area contributed by atoms with E-state index in [-0.39, 0.29) is 0 Å². The maximum absolute atomic E-state index is 8.69. The zero-order chi connectivity index (χ0) is 9.14. The number of halogens is 1. The molecule has 0 atom stereocenters. The van der Waals surface area contributed by atoms with Gasteiger partial charge in [-0.3, -0.25) is 0 Å². The van der Waals surface area contributed by atoms with E-state index < -0.39 is 0 Å². The molecule has 0 aliphatic carbocycles. The molecule has 0 aliphatic rings. The van der Waals surface area contributed by atoms with Gasteiger partial charge in [0.25, 0.3) is 0 Å². The molecular weight excluding hydrogens is 216 g/mol. The van der Waals surface area contributed by atoms with Crippen LogP contribution in [0.4, 0.5) is 0 Å². The summed E-state index contributed by atoms with van der Waals surface area (Å²) >= 11 is 3.25. The summed E-state index contributed by atoms with van der Waals surface area (Å²) in [4.78, 5) is 4.26. The number of nitrogens with zero attached hydrogens (tertiary/aromatic N) is 2. The first kappa shape index (κ1) is 9.21. The zero-order valence-electron chi connectivity index (χ0n) is 7.06. The van der Waals surface area contributed by atoms with Crippen LogP contribution in [0.3, 0.4) is 0 Å². The Kier molecular flexibility index (Phi) is 2.83. The standard InChI is InChI=1S/C9H9BrN2/c1-3-8-6(2)4-7(5-11)9(10)12-8/h4H,3H2,1-2H3. The largest absolute Gasteiger partial charge is 0.244 e. The highest BCUT2D eigenvalue weighted by Crippen LogP contribution is 2.17. The molecule has 1 aromatic rings. The summed E-state index contributed by atoms with van der Waals surface area (Å²) < 4.78 is 0.646. The number of aryl methyl sites for hydroxylation is 2. The van der Waals surface area contributed by atoms with Crippen LogP contribution in [0.2, 0.25) is 0 Å². The Morgan fingerprint density at radius 3 is 2.83 bits per heavy atom. The summed E-state index contributed by atoms with van der Waals surface area (Å²) in [7, 11) is 0. The van der Waals surface area contributed by atoms with Crippen LogP contribution in [0.1, 0.15) is 23.7 Å². The second-order valence-electron chi connectivity index (χ2n) is 2.56. The SMILES string of the molecule is CCc1nc(Br)c(C#N)cc1C. The van der Waals surface area contributed by atoms with Gasteiger partial charge in [-0.1, -0.05) is 6.92 Å². The molecule has 0 N–H and O–H groups in total. The fraction of sp³-hybridized carbons (Fsp3) is 0.333. The number of hydrogen-bond acceptors (Lipinski definition) is 2. The molecule has 0 radical (unpaired) electrons. The number of nitriles is 1. The molecule has 12 heavy (non-hydrogen) atoms. The predicted octanol–water partition coefficient (Wildman–Crippen LogP) is 2.59. The Labute approximate surface area is 80.4 Å². The van der Waals surface area contributed by atoms with E-state index in [2.05, 4.69) is 27.0 Å². The monoisotopic (exact) mass is 224 g/mol. The molecule has 0 amide bonds. The van der Waals surface area contributed by atoms with Gasteiger partial charge in [0, 0.05) is 5.69 Å². The van der Waals surface area contributed by atoms with Crippen molar-refractivity contribution < 1.29 is 0 Å². The van der Waals surface area contributed by atoms with Crippen molar-refractivity contribution in [1.29, 1.82) is 5.26 Å². The molecule has 0 aromatic carbocycles. The van der Waals surface area contributed by atoms with Gasteiger partial charge < -0.3 is 0 Å². The second-order valence-corrected chi connectivity index (χ2v) is 3.31. The Bertz CT molecular complexity index is 338. The van der Waals surface area contributed by atoms with Crippen molar-refractivity contribution in [3.8, 4) is 6.07 Å². The highest BCUT2D eigenvalue weighted by Gasteiger charge is 2.04. The third-order valence-corrected chi connectivity index (χ3v) is 2.33. The summed E-state index contributed by atoms with van der Waals surface area (Å²) in [6.45, 7) is 4.02. The normalized spacial score (nSPS) is 9.50. The molecule has 0 fully saturated rings. The van der Waals surface area contributed by atoms with Crippen molar-refractivity contribution in [3.63, 3.8) is 0 Å². The molecule has 0 unspecified atom stereocenters. The van der Waals surface area contributed by atoms with Crippen molar-refractivity contribution in [2.75, 3.05) is 0 Å². The van der Waals surface area contributed by atoms with E-state index in [0.29, 0.717) is 10.2 Å².